The number of aromatic nitrogens is 2. The molecule has 0 unspecified atom stereocenters. The quantitative estimate of drug-likeness (QED) is 0.335. The van der Waals surface area contributed by atoms with E-state index in [0.717, 1.165) is 25.1 Å². The summed E-state index contributed by atoms with van der Waals surface area (Å²) in [7, 11) is 0. The van der Waals surface area contributed by atoms with E-state index in [0.29, 0.717) is 17.4 Å². The number of thioether (sulfide) groups is 1. The second-order valence-corrected chi connectivity index (χ2v) is 9.02. The second kappa shape index (κ2) is 8.86. The molecule has 0 aliphatic carbocycles. The van der Waals surface area contributed by atoms with E-state index in [1.165, 1.54) is 23.1 Å². The van der Waals surface area contributed by atoms with Gasteiger partial charge in [-0.3, -0.25) is 14.7 Å². The van der Waals surface area contributed by atoms with Crippen LogP contribution in [0.1, 0.15) is 5.56 Å². The van der Waals surface area contributed by atoms with Gasteiger partial charge in [0.2, 0.25) is 5.91 Å². The Morgan fingerprint density at radius 2 is 1.96 bits per heavy atom. The summed E-state index contributed by atoms with van der Waals surface area (Å²) in [5.74, 6) is 0.375. The van der Waals surface area contributed by atoms with Crippen LogP contribution in [0.25, 0.3) is 10.2 Å². The van der Waals surface area contributed by atoms with Gasteiger partial charge in [0, 0.05) is 21.8 Å². The molecule has 0 saturated heterocycles. The van der Waals surface area contributed by atoms with Gasteiger partial charge in [-0.15, -0.1) is 11.8 Å². The lowest BCUT2D eigenvalue weighted by Crippen LogP contribution is -2.31. The molecule has 0 fully saturated rings. The number of halogens is 1. The lowest BCUT2D eigenvalue weighted by molar-refractivity contribution is -0.116. The van der Waals surface area contributed by atoms with E-state index < -0.39 is 0 Å². The van der Waals surface area contributed by atoms with Crippen molar-refractivity contribution >= 4 is 60.3 Å². The van der Waals surface area contributed by atoms with E-state index in [4.69, 9.17) is 4.98 Å². The molecule has 4 aromatic rings. The van der Waals surface area contributed by atoms with Gasteiger partial charge in [0.1, 0.15) is 0 Å². The third-order valence-corrected chi connectivity index (χ3v) is 6.57. The van der Waals surface area contributed by atoms with Gasteiger partial charge in [-0.1, -0.05) is 51.5 Å². The van der Waals surface area contributed by atoms with Gasteiger partial charge in [-0.05, 0) is 42.0 Å². The highest BCUT2D eigenvalue weighted by Gasteiger charge is 2.20. The zero-order valence-corrected chi connectivity index (χ0v) is 18.0. The molecule has 0 aliphatic heterocycles. The van der Waals surface area contributed by atoms with Crippen LogP contribution in [-0.2, 0) is 11.3 Å². The fourth-order valence-corrected chi connectivity index (χ4v) is 5.01. The number of benzene rings is 2. The van der Waals surface area contributed by atoms with Crippen molar-refractivity contribution in [2.45, 2.75) is 11.4 Å². The number of amides is 1. The minimum Gasteiger partial charge on any atom is -0.283 e. The molecule has 2 aromatic carbocycles. The summed E-state index contributed by atoms with van der Waals surface area (Å²) in [4.78, 5) is 24.8. The summed E-state index contributed by atoms with van der Waals surface area (Å²) < 4.78 is 2.05. The van der Waals surface area contributed by atoms with Gasteiger partial charge >= 0.3 is 0 Å². The number of nitrogens with zero attached hydrogens (tertiary/aromatic N) is 3. The zero-order valence-electron chi connectivity index (χ0n) is 14.8. The Morgan fingerprint density at radius 3 is 2.75 bits per heavy atom. The largest absolute Gasteiger partial charge is 0.283 e. The maximum atomic E-state index is 13.1. The average molecular weight is 470 g/mol. The molecular weight excluding hydrogens is 454 g/mol. The van der Waals surface area contributed by atoms with Crippen molar-refractivity contribution in [3.05, 3.63) is 83.1 Å². The Kier molecular flexibility index (Phi) is 6.04. The monoisotopic (exact) mass is 469 g/mol. The number of fused-ring (bicyclic) bond motifs is 1. The molecule has 7 heteroatoms. The summed E-state index contributed by atoms with van der Waals surface area (Å²) in [5, 5.41) is 0.704. The fraction of sp³-hybridized carbons (Fsp3) is 0.0952. The first-order valence-corrected chi connectivity index (χ1v) is 11.2. The fourth-order valence-electron chi connectivity index (χ4n) is 2.68. The van der Waals surface area contributed by atoms with Crippen LogP contribution in [0.4, 0.5) is 5.13 Å². The van der Waals surface area contributed by atoms with Gasteiger partial charge in [0.15, 0.2) is 5.13 Å². The molecular formula is C21H16BrN3OS2. The van der Waals surface area contributed by atoms with Crippen molar-refractivity contribution in [3.63, 3.8) is 0 Å². The molecule has 0 bridgehead atoms. The van der Waals surface area contributed by atoms with Crippen LogP contribution in [0.3, 0.4) is 0 Å². The maximum absolute atomic E-state index is 13.1. The molecule has 0 N–H and O–H groups in total. The maximum Gasteiger partial charge on any atom is 0.239 e. The van der Waals surface area contributed by atoms with Crippen molar-refractivity contribution < 1.29 is 4.79 Å². The molecule has 0 aliphatic rings. The van der Waals surface area contributed by atoms with Crippen LogP contribution < -0.4 is 4.90 Å². The van der Waals surface area contributed by atoms with E-state index in [9.17, 15) is 4.79 Å². The van der Waals surface area contributed by atoms with E-state index in [1.54, 1.807) is 17.3 Å². The molecule has 0 saturated carbocycles. The van der Waals surface area contributed by atoms with Gasteiger partial charge in [-0.2, -0.15) is 0 Å². The summed E-state index contributed by atoms with van der Waals surface area (Å²) in [6.07, 6.45) is 3.52. The van der Waals surface area contributed by atoms with Crippen molar-refractivity contribution in [3.8, 4) is 0 Å². The third-order valence-electron chi connectivity index (χ3n) is 4.04. The smallest absolute Gasteiger partial charge is 0.239 e. The first kappa shape index (κ1) is 19.1. The standard InChI is InChI=1S/C21H16BrN3OS2/c22-16-8-9-18-19(11-16)28-21(24-18)25(13-15-5-4-10-23-12-15)20(26)14-27-17-6-2-1-3-7-17/h1-12H,13-14H2. The number of carbonyl (C=O) groups is 1. The average Bonchev–Trinajstić information content (AvgIpc) is 3.14. The molecule has 0 radical (unpaired) electrons. The van der Waals surface area contributed by atoms with Crippen LogP contribution in [0.15, 0.2) is 82.4 Å². The summed E-state index contributed by atoms with van der Waals surface area (Å²) in [5.41, 5.74) is 1.86. The minimum absolute atomic E-state index is 0.0239. The Bertz CT molecular complexity index is 1090. The lowest BCUT2D eigenvalue weighted by Gasteiger charge is -2.19. The van der Waals surface area contributed by atoms with Gasteiger partial charge in [-0.25, -0.2) is 4.98 Å². The molecule has 0 spiro atoms. The van der Waals surface area contributed by atoms with Crippen LogP contribution in [0, 0.1) is 0 Å². The van der Waals surface area contributed by atoms with E-state index in [1.807, 2.05) is 60.7 Å². The molecule has 1 amide bonds. The number of pyridine rings is 1. The van der Waals surface area contributed by atoms with Crippen LogP contribution in [0.5, 0.6) is 0 Å². The normalized spacial score (nSPS) is 10.9. The van der Waals surface area contributed by atoms with Crippen LogP contribution >= 0.6 is 39.0 Å². The zero-order chi connectivity index (χ0) is 19.3. The molecule has 2 aromatic heterocycles. The highest BCUT2D eigenvalue weighted by molar-refractivity contribution is 9.10. The number of hydrogen-bond acceptors (Lipinski definition) is 5. The highest BCUT2D eigenvalue weighted by Crippen LogP contribution is 2.32. The Labute approximate surface area is 179 Å². The van der Waals surface area contributed by atoms with Crippen molar-refractivity contribution in [1.82, 2.24) is 9.97 Å². The summed E-state index contributed by atoms with van der Waals surface area (Å²) in [6, 6.07) is 19.8. The molecule has 28 heavy (non-hydrogen) atoms. The Morgan fingerprint density at radius 1 is 1.11 bits per heavy atom. The first-order chi connectivity index (χ1) is 13.7. The van der Waals surface area contributed by atoms with Crippen molar-refractivity contribution in [1.29, 1.82) is 0 Å². The van der Waals surface area contributed by atoms with Gasteiger partial charge in [0.05, 0.1) is 22.5 Å². The Balaban J connectivity index is 1.61. The molecule has 0 atom stereocenters. The topological polar surface area (TPSA) is 46.1 Å². The highest BCUT2D eigenvalue weighted by atomic mass is 79.9. The van der Waals surface area contributed by atoms with Crippen molar-refractivity contribution in [2.24, 2.45) is 0 Å². The number of rotatable bonds is 6. The Hall–Kier alpha value is -2.22. The van der Waals surface area contributed by atoms with E-state index in [2.05, 4.69) is 20.9 Å². The van der Waals surface area contributed by atoms with Gasteiger partial charge in [0.25, 0.3) is 0 Å². The molecule has 140 valence electrons. The molecule has 4 rings (SSSR count). The molecule has 4 nitrogen and oxygen atoms in total. The van der Waals surface area contributed by atoms with E-state index in [-0.39, 0.29) is 5.91 Å². The lowest BCUT2D eigenvalue weighted by atomic mass is 10.2. The van der Waals surface area contributed by atoms with Crippen molar-refractivity contribution in [2.75, 3.05) is 10.7 Å². The first-order valence-electron chi connectivity index (χ1n) is 8.62. The summed E-state index contributed by atoms with van der Waals surface area (Å²) >= 11 is 6.56. The number of thiazole rings is 1. The second-order valence-electron chi connectivity index (χ2n) is 6.05. The summed E-state index contributed by atoms with van der Waals surface area (Å²) in [6.45, 7) is 0.447. The van der Waals surface area contributed by atoms with E-state index >= 15 is 0 Å². The predicted octanol–water partition coefficient (Wildman–Crippen LogP) is 5.78. The van der Waals surface area contributed by atoms with Crippen LogP contribution in [0.2, 0.25) is 0 Å². The third kappa shape index (κ3) is 4.60. The number of hydrogen-bond donors (Lipinski definition) is 0. The number of carbonyl (C=O) groups excluding carboxylic acids is 1. The molecule has 2 heterocycles. The van der Waals surface area contributed by atoms with Crippen LogP contribution in [-0.4, -0.2) is 21.6 Å². The van der Waals surface area contributed by atoms with Gasteiger partial charge < -0.3 is 0 Å². The predicted molar refractivity (Wildman–Crippen MR) is 120 cm³/mol. The SMILES string of the molecule is O=C(CSc1ccccc1)N(Cc1cccnc1)c1nc2ccc(Br)cc2s1. The number of anilines is 1. The minimum atomic E-state index is 0.0239.